The molecule has 0 aliphatic rings. The second-order valence-electron chi connectivity index (χ2n) is 8.88. The van der Waals surface area contributed by atoms with Crippen LogP contribution in [0.25, 0.3) is 23.0 Å². The van der Waals surface area contributed by atoms with Gasteiger partial charge >= 0.3 is 0 Å². The van der Waals surface area contributed by atoms with Gasteiger partial charge in [0.1, 0.15) is 11.4 Å². The summed E-state index contributed by atoms with van der Waals surface area (Å²) in [5.41, 5.74) is 4.15. The quantitative estimate of drug-likeness (QED) is 0.200. The maximum Gasteiger partial charge on any atom is 0.268 e. The van der Waals surface area contributed by atoms with Gasteiger partial charge in [0.05, 0.1) is 16.3 Å². The molecule has 0 fully saturated rings. The first-order chi connectivity index (χ1) is 19.5. The molecular weight excluding hydrogens is 543 g/mol. The molecule has 0 saturated heterocycles. The van der Waals surface area contributed by atoms with Crippen LogP contribution in [0, 0.1) is 0 Å². The van der Waals surface area contributed by atoms with Crippen molar-refractivity contribution in [2.24, 2.45) is 0 Å². The van der Waals surface area contributed by atoms with Crippen LogP contribution in [0.4, 0.5) is 0 Å². The zero-order chi connectivity index (χ0) is 27.9. The van der Waals surface area contributed by atoms with Gasteiger partial charge in [-0.3, -0.25) is 9.59 Å². The largest absolute Gasteiger partial charge is 0.347 e. The van der Waals surface area contributed by atoms with E-state index in [1.54, 1.807) is 16.8 Å². The molecule has 4 aromatic carbocycles. The molecule has 0 bridgehead atoms. The molecule has 1 aromatic heterocycles. The van der Waals surface area contributed by atoms with Crippen LogP contribution in [0.15, 0.2) is 121 Å². The number of rotatable bonds is 8. The molecule has 0 spiro atoms. The Morgan fingerprint density at radius 1 is 0.825 bits per heavy atom. The lowest BCUT2D eigenvalue weighted by Gasteiger charge is -2.12. The molecule has 1 heterocycles. The van der Waals surface area contributed by atoms with E-state index in [-0.39, 0.29) is 22.8 Å². The SMILES string of the molecule is O=C(NCc1ccccc1)C(=Cc1cn(-c2ccccc2)nc1-c1ccccc1)NC(=O)c1ccc(Cl)cc1Cl. The number of halogens is 2. The maximum atomic E-state index is 13.5. The monoisotopic (exact) mass is 566 g/mol. The third-order valence-electron chi connectivity index (χ3n) is 6.07. The lowest BCUT2D eigenvalue weighted by Crippen LogP contribution is -2.34. The minimum atomic E-state index is -0.542. The Balaban J connectivity index is 1.55. The molecule has 2 amide bonds. The Morgan fingerprint density at radius 2 is 1.48 bits per heavy atom. The number of aromatic nitrogens is 2. The van der Waals surface area contributed by atoms with E-state index in [4.69, 9.17) is 28.3 Å². The molecule has 198 valence electrons. The summed E-state index contributed by atoms with van der Waals surface area (Å²) in [5.74, 6) is -1.01. The highest BCUT2D eigenvalue weighted by Crippen LogP contribution is 2.26. The van der Waals surface area contributed by atoms with Crippen molar-refractivity contribution in [2.45, 2.75) is 6.54 Å². The van der Waals surface area contributed by atoms with Crippen LogP contribution in [0.1, 0.15) is 21.5 Å². The van der Waals surface area contributed by atoms with Gasteiger partial charge < -0.3 is 10.6 Å². The van der Waals surface area contributed by atoms with E-state index in [1.165, 1.54) is 12.1 Å². The molecule has 0 radical (unpaired) electrons. The summed E-state index contributed by atoms with van der Waals surface area (Å²) in [4.78, 5) is 26.7. The van der Waals surface area contributed by atoms with Gasteiger partial charge in [0.15, 0.2) is 0 Å². The number of carbonyl (C=O) groups is 2. The van der Waals surface area contributed by atoms with Crippen molar-refractivity contribution >= 4 is 41.1 Å². The average molecular weight is 567 g/mol. The molecule has 0 aliphatic heterocycles. The van der Waals surface area contributed by atoms with Crippen LogP contribution < -0.4 is 10.6 Å². The van der Waals surface area contributed by atoms with E-state index in [1.807, 2.05) is 97.2 Å². The molecule has 5 rings (SSSR count). The van der Waals surface area contributed by atoms with Crippen LogP contribution in [0.2, 0.25) is 10.0 Å². The second kappa shape index (κ2) is 12.5. The van der Waals surface area contributed by atoms with Gasteiger partial charge in [0, 0.05) is 28.9 Å². The van der Waals surface area contributed by atoms with Crippen LogP contribution in [0.3, 0.4) is 0 Å². The number of para-hydroxylation sites is 1. The van der Waals surface area contributed by atoms with E-state index in [2.05, 4.69) is 10.6 Å². The highest BCUT2D eigenvalue weighted by atomic mass is 35.5. The van der Waals surface area contributed by atoms with Gasteiger partial charge in [-0.15, -0.1) is 0 Å². The zero-order valence-corrected chi connectivity index (χ0v) is 22.7. The van der Waals surface area contributed by atoms with E-state index in [9.17, 15) is 9.59 Å². The average Bonchev–Trinajstić information content (AvgIpc) is 3.41. The number of hydrogen-bond acceptors (Lipinski definition) is 3. The van der Waals surface area contributed by atoms with Crippen molar-refractivity contribution in [1.82, 2.24) is 20.4 Å². The summed E-state index contributed by atoms with van der Waals surface area (Å²) >= 11 is 12.3. The predicted molar refractivity (Wildman–Crippen MR) is 159 cm³/mol. The summed E-state index contributed by atoms with van der Waals surface area (Å²) in [6.45, 7) is 0.281. The number of carbonyl (C=O) groups excluding carboxylic acids is 2. The first-order valence-electron chi connectivity index (χ1n) is 12.5. The first kappa shape index (κ1) is 26.9. The van der Waals surface area contributed by atoms with E-state index in [0.717, 1.165) is 16.8 Å². The highest BCUT2D eigenvalue weighted by molar-refractivity contribution is 6.36. The molecule has 8 heteroatoms. The topological polar surface area (TPSA) is 76.0 Å². The highest BCUT2D eigenvalue weighted by Gasteiger charge is 2.19. The molecule has 5 aromatic rings. The van der Waals surface area contributed by atoms with Gasteiger partial charge in [-0.1, -0.05) is 102 Å². The van der Waals surface area contributed by atoms with Crippen molar-refractivity contribution in [2.75, 3.05) is 0 Å². The number of nitrogens with one attached hydrogen (secondary N) is 2. The third kappa shape index (κ3) is 6.49. The predicted octanol–water partition coefficient (Wildman–Crippen LogP) is 6.93. The molecule has 6 nitrogen and oxygen atoms in total. The first-order valence-corrected chi connectivity index (χ1v) is 13.2. The fourth-order valence-corrected chi connectivity index (χ4v) is 4.57. The van der Waals surface area contributed by atoms with Gasteiger partial charge in [-0.2, -0.15) is 5.10 Å². The minimum absolute atomic E-state index is 0.0386. The van der Waals surface area contributed by atoms with Crippen LogP contribution in [0.5, 0.6) is 0 Å². The summed E-state index contributed by atoms with van der Waals surface area (Å²) in [6.07, 6.45) is 3.44. The number of benzene rings is 4. The Morgan fingerprint density at radius 3 is 2.15 bits per heavy atom. The molecule has 0 atom stereocenters. The molecule has 0 unspecified atom stereocenters. The lowest BCUT2D eigenvalue weighted by atomic mass is 10.1. The molecule has 0 saturated carbocycles. The normalized spacial score (nSPS) is 11.2. The van der Waals surface area contributed by atoms with Crippen molar-refractivity contribution in [3.63, 3.8) is 0 Å². The van der Waals surface area contributed by atoms with Crippen molar-refractivity contribution in [3.05, 3.63) is 148 Å². The van der Waals surface area contributed by atoms with E-state index in [0.29, 0.717) is 16.3 Å². The lowest BCUT2D eigenvalue weighted by molar-refractivity contribution is -0.117. The number of hydrogen-bond donors (Lipinski definition) is 2. The smallest absolute Gasteiger partial charge is 0.268 e. The van der Waals surface area contributed by atoms with Crippen LogP contribution >= 0.6 is 23.2 Å². The van der Waals surface area contributed by atoms with Crippen LogP contribution in [-0.4, -0.2) is 21.6 Å². The standard InChI is InChI=1S/C32H24Cl2N4O2/c33-25-16-17-27(28(34)19-25)31(39)36-29(32(40)35-20-22-10-4-1-5-11-22)18-24-21-38(26-14-8-3-9-15-26)37-30(24)23-12-6-2-7-13-23/h1-19,21H,20H2,(H,35,40)(H,36,39). The van der Waals surface area contributed by atoms with Gasteiger partial charge in [0.2, 0.25) is 0 Å². The Hall–Kier alpha value is -4.65. The molecule has 0 aliphatic carbocycles. The second-order valence-corrected chi connectivity index (χ2v) is 9.73. The van der Waals surface area contributed by atoms with Gasteiger partial charge in [0.25, 0.3) is 11.8 Å². The maximum absolute atomic E-state index is 13.5. The van der Waals surface area contributed by atoms with Crippen molar-refractivity contribution in [3.8, 4) is 16.9 Å². The van der Waals surface area contributed by atoms with Gasteiger partial charge in [-0.05, 0) is 42.0 Å². The fourth-order valence-electron chi connectivity index (χ4n) is 4.08. The van der Waals surface area contributed by atoms with Crippen molar-refractivity contribution < 1.29 is 9.59 Å². The molecule has 2 N–H and O–H groups in total. The Bertz CT molecular complexity index is 1670. The Labute approximate surface area is 241 Å². The summed E-state index contributed by atoms with van der Waals surface area (Å²) in [7, 11) is 0. The van der Waals surface area contributed by atoms with Crippen LogP contribution in [-0.2, 0) is 11.3 Å². The summed E-state index contributed by atoms with van der Waals surface area (Å²) in [5, 5.41) is 11.0. The van der Waals surface area contributed by atoms with Crippen molar-refractivity contribution in [1.29, 1.82) is 0 Å². The molecular formula is C32H24Cl2N4O2. The Kier molecular flexibility index (Phi) is 8.40. The number of amides is 2. The number of nitrogens with zero attached hydrogens (tertiary/aromatic N) is 2. The zero-order valence-electron chi connectivity index (χ0n) is 21.2. The van der Waals surface area contributed by atoms with E-state index < -0.39 is 11.8 Å². The van der Waals surface area contributed by atoms with E-state index >= 15 is 0 Å². The summed E-state index contributed by atoms with van der Waals surface area (Å²) in [6, 6.07) is 33.4. The fraction of sp³-hybridized carbons (Fsp3) is 0.0312. The summed E-state index contributed by atoms with van der Waals surface area (Å²) < 4.78 is 1.74. The van der Waals surface area contributed by atoms with Gasteiger partial charge in [-0.25, -0.2) is 4.68 Å². The molecule has 40 heavy (non-hydrogen) atoms. The minimum Gasteiger partial charge on any atom is -0.347 e. The third-order valence-corrected chi connectivity index (χ3v) is 6.62.